The van der Waals surface area contributed by atoms with E-state index in [4.69, 9.17) is 0 Å². The van der Waals surface area contributed by atoms with E-state index in [1.165, 1.54) is 36.8 Å². The molecule has 1 N–H and O–H groups in total. The smallest absolute Gasteiger partial charge is 0.223 e. The van der Waals surface area contributed by atoms with Crippen LogP contribution in [0.3, 0.4) is 0 Å². The zero-order valence-electron chi connectivity index (χ0n) is 13.0. The van der Waals surface area contributed by atoms with Gasteiger partial charge in [-0.1, -0.05) is 25.0 Å². The van der Waals surface area contributed by atoms with Crippen molar-refractivity contribution in [3.05, 3.63) is 29.3 Å². The first-order valence-electron chi connectivity index (χ1n) is 8.37. The molecule has 1 aromatic rings. The second-order valence-corrected chi connectivity index (χ2v) is 6.42. The molecule has 21 heavy (non-hydrogen) atoms. The highest BCUT2D eigenvalue weighted by Gasteiger charge is 2.20. The lowest BCUT2D eigenvalue weighted by Crippen LogP contribution is -2.33. The summed E-state index contributed by atoms with van der Waals surface area (Å²) in [5.41, 5.74) is 3.86. The molecule has 2 aliphatic rings. The Morgan fingerprint density at radius 2 is 2.10 bits per heavy atom. The predicted octanol–water partition coefficient (Wildman–Crippen LogP) is 3.06. The van der Waals surface area contributed by atoms with Gasteiger partial charge in [0.05, 0.1) is 0 Å². The minimum absolute atomic E-state index is 0.159. The van der Waals surface area contributed by atoms with E-state index >= 15 is 0 Å². The van der Waals surface area contributed by atoms with E-state index in [1.54, 1.807) is 6.92 Å². The van der Waals surface area contributed by atoms with Gasteiger partial charge in [-0.25, -0.2) is 0 Å². The van der Waals surface area contributed by atoms with Crippen molar-refractivity contribution < 1.29 is 4.79 Å². The van der Waals surface area contributed by atoms with Gasteiger partial charge in [0, 0.05) is 25.2 Å². The summed E-state index contributed by atoms with van der Waals surface area (Å²) < 4.78 is 0. The molecular weight excluding hydrogens is 260 g/mol. The van der Waals surface area contributed by atoms with Crippen LogP contribution in [0.25, 0.3) is 0 Å². The van der Waals surface area contributed by atoms with Crippen LogP contribution in [0.5, 0.6) is 0 Å². The lowest BCUT2D eigenvalue weighted by Gasteiger charge is -2.29. The van der Waals surface area contributed by atoms with E-state index in [0.717, 1.165) is 44.1 Å². The number of nitrogens with one attached hydrogen (secondary N) is 1. The highest BCUT2D eigenvalue weighted by atomic mass is 16.2. The maximum atomic E-state index is 11.7. The Kier molecular flexibility index (Phi) is 4.59. The number of carbonyl (C=O) groups is 1. The molecule has 1 saturated carbocycles. The molecule has 3 nitrogen and oxygen atoms in total. The molecule has 1 heterocycles. The summed E-state index contributed by atoms with van der Waals surface area (Å²) in [5, 5.41) is 3.67. The fourth-order valence-corrected chi connectivity index (χ4v) is 3.68. The summed E-state index contributed by atoms with van der Waals surface area (Å²) in [4.78, 5) is 13.6. The molecule has 0 radical (unpaired) electrons. The van der Waals surface area contributed by atoms with Crippen LogP contribution in [0, 0.1) is 0 Å². The van der Waals surface area contributed by atoms with Gasteiger partial charge in [0.25, 0.3) is 0 Å². The second-order valence-electron chi connectivity index (χ2n) is 6.42. The van der Waals surface area contributed by atoms with E-state index < -0.39 is 0 Å². The summed E-state index contributed by atoms with van der Waals surface area (Å²) in [7, 11) is 0. The molecule has 3 rings (SSSR count). The molecule has 0 spiro atoms. The van der Waals surface area contributed by atoms with Crippen molar-refractivity contribution in [1.82, 2.24) is 5.32 Å². The van der Waals surface area contributed by atoms with Gasteiger partial charge in [0.2, 0.25) is 5.91 Å². The number of rotatable bonds is 4. The highest BCUT2D eigenvalue weighted by molar-refractivity contribution is 5.92. The molecule has 1 fully saturated rings. The fraction of sp³-hybridized carbons (Fsp3) is 0.611. The summed E-state index contributed by atoms with van der Waals surface area (Å²) in [6.07, 6.45) is 8.73. The average molecular weight is 286 g/mol. The van der Waals surface area contributed by atoms with E-state index in [0.29, 0.717) is 0 Å². The first-order chi connectivity index (χ1) is 10.2. The number of carbonyl (C=O) groups excluding carboxylic acids is 1. The third-order valence-electron chi connectivity index (χ3n) is 4.84. The van der Waals surface area contributed by atoms with Crippen molar-refractivity contribution in [3.63, 3.8) is 0 Å². The molecule has 0 atom stereocenters. The van der Waals surface area contributed by atoms with Crippen molar-refractivity contribution in [1.29, 1.82) is 0 Å². The van der Waals surface area contributed by atoms with Crippen molar-refractivity contribution in [2.45, 2.75) is 57.9 Å². The Morgan fingerprint density at radius 1 is 1.29 bits per heavy atom. The first-order valence-corrected chi connectivity index (χ1v) is 8.37. The zero-order chi connectivity index (χ0) is 14.7. The van der Waals surface area contributed by atoms with Crippen LogP contribution in [0.1, 0.15) is 50.2 Å². The molecule has 1 amide bonds. The topological polar surface area (TPSA) is 32.3 Å². The van der Waals surface area contributed by atoms with Crippen LogP contribution in [-0.2, 0) is 17.6 Å². The second kappa shape index (κ2) is 6.61. The van der Waals surface area contributed by atoms with Gasteiger partial charge in [-0.15, -0.1) is 0 Å². The van der Waals surface area contributed by atoms with Gasteiger partial charge in [-0.05, 0) is 55.8 Å². The van der Waals surface area contributed by atoms with Crippen LogP contribution in [-0.4, -0.2) is 25.0 Å². The van der Waals surface area contributed by atoms with Crippen LogP contribution in [0.4, 0.5) is 5.69 Å². The molecule has 0 bridgehead atoms. The normalized spacial score (nSPS) is 18.8. The van der Waals surface area contributed by atoms with Gasteiger partial charge in [-0.2, -0.15) is 0 Å². The number of benzene rings is 1. The standard InChI is InChI=1S/C18H26N2O/c1-14(21)20-12-4-5-16-13-15(8-9-18(16)20)10-11-19-17-6-2-3-7-17/h8-9,13,17,19H,2-7,10-12H2,1H3. The van der Waals surface area contributed by atoms with Gasteiger partial charge < -0.3 is 10.2 Å². The Balaban J connectivity index is 1.61. The number of nitrogens with zero attached hydrogens (tertiary/aromatic N) is 1. The van der Waals surface area contributed by atoms with E-state index in [2.05, 4.69) is 23.5 Å². The third kappa shape index (κ3) is 3.46. The quantitative estimate of drug-likeness (QED) is 0.922. The monoisotopic (exact) mass is 286 g/mol. The van der Waals surface area contributed by atoms with Gasteiger partial charge in [-0.3, -0.25) is 4.79 Å². The molecule has 3 heteroatoms. The molecule has 0 saturated heterocycles. The van der Waals surface area contributed by atoms with Crippen LogP contribution < -0.4 is 10.2 Å². The molecule has 114 valence electrons. The molecule has 1 aliphatic carbocycles. The molecule has 1 aromatic carbocycles. The van der Waals surface area contributed by atoms with Crippen LogP contribution in [0.15, 0.2) is 18.2 Å². The number of hydrogen-bond donors (Lipinski definition) is 1. The molecular formula is C18H26N2O. The van der Waals surface area contributed by atoms with Gasteiger partial charge in [0.15, 0.2) is 0 Å². The lowest BCUT2D eigenvalue weighted by molar-refractivity contribution is -0.116. The van der Waals surface area contributed by atoms with Gasteiger partial charge >= 0.3 is 0 Å². The van der Waals surface area contributed by atoms with Crippen LogP contribution in [0.2, 0.25) is 0 Å². The SMILES string of the molecule is CC(=O)N1CCCc2cc(CCNC3CCCC3)ccc21. The van der Waals surface area contributed by atoms with E-state index in [1.807, 2.05) is 4.90 Å². The molecule has 0 aromatic heterocycles. The number of amides is 1. The van der Waals surface area contributed by atoms with Crippen molar-refractivity contribution in [3.8, 4) is 0 Å². The lowest BCUT2D eigenvalue weighted by atomic mass is 9.98. The Morgan fingerprint density at radius 3 is 2.86 bits per heavy atom. The minimum Gasteiger partial charge on any atom is -0.314 e. The summed E-state index contributed by atoms with van der Waals surface area (Å²) in [6, 6.07) is 7.38. The van der Waals surface area contributed by atoms with E-state index in [-0.39, 0.29) is 5.91 Å². The first kappa shape index (κ1) is 14.6. The summed E-state index contributed by atoms with van der Waals surface area (Å²) in [6.45, 7) is 3.60. The highest BCUT2D eigenvalue weighted by Crippen LogP contribution is 2.28. The maximum absolute atomic E-state index is 11.7. The zero-order valence-corrected chi connectivity index (χ0v) is 13.0. The Bertz CT molecular complexity index is 506. The number of anilines is 1. The Hall–Kier alpha value is -1.35. The van der Waals surface area contributed by atoms with E-state index in [9.17, 15) is 4.79 Å². The van der Waals surface area contributed by atoms with Crippen molar-refractivity contribution in [2.75, 3.05) is 18.0 Å². The Labute approximate surface area is 127 Å². The largest absolute Gasteiger partial charge is 0.314 e. The number of aryl methyl sites for hydroxylation is 1. The van der Waals surface area contributed by atoms with Crippen molar-refractivity contribution >= 4 is 11.6 Å². The molecule has 1 aliphatic heterocycles. The fourth-order valence-electron chi connectivity index (χ4n) is 3.68. The third-order valence-corrected chi connectivity index (χ3v) is 4.84. The average Bonchev–Trinajstić information content (AvgIpc) is 2.99. The maximum Gasteiger partial charge on any atom is 0.223 e. The van der Waals surface area contributed by atoms with Gasteiger partial charge in [0.1, 0.15) is 0 Å². The minimum atomic E-state index is 0.159. The van der Waals surface area contributed by atoms with Crippen molar-refractivity contribution in [2.24, 2.45) is 0 Å². The number of fused-ring (bicyclic) bond motifs is 1. The predicted molar refractivity (Wildman–Crippen MR) is 86.8 cm³/mol. The summed E-state index contributed by atoms with van der Waals surface area (Å²) in [5.74, 6) is 0.159. The number of hydrogen-bond acceptors (Lipinski definition) is 2. The molecule has 0 unspecified atom stereocenters. The summed E-state index contributed by atoms with van der Waals surface area (Å²) >= 11 is 0. The van der Waals surface area contributed by atoms with Crippen LogP contribution >= 0.6 is 0 Å².